The first-order valence-electron chi connectivity index (χ1n) is 7.89. The fourth-order valence-corrected chi connectivity index (χ4v) is 2.99. The van der Waals surface area contributed by atoms with Crippen LogP contribution in [0.15, 0.2) is 66.7 Å². The Kier molecular flexibility index (Phi) is 4.33. The van der Waals surface area contributed by atoms with E-state index in [0.29, 0.717) is 0 Å². The van der Waals surface area contributed by atoms with E-state index in [2.05, 4.69) is 19.1 Å². The molecule has 0 aliphatic heterocycles. The monoisotopic (exact) mass is 304 g/mol. The third kappa shape index (κ3) is 3.21. The summed E-state index contributed by atoms with van der Waals surface area (Å²) in [5.74, 6) is 0.542. The Balaban J connectivity index is 2.20. The number of benzene rings is 3. The van der Waals surface area contributed by atoms with E-state index >= 15 is 0 Å². The highest BCUT2D eigenvalue weighted by atomic mass is 16.3. The van der Waals surface area contributed by atoms with Gasteiger partial charge in [0.1, 0.15) is 11.5 Å². The van der Waals surface area contributed by atoms with Crippen molar-refractivity contribution in [1.29, 1.82) is 0 Å². The molecule has 0 aliphatic carbocycles. The fourth-order valence-electron chi connectivity index (χ4n) is 2.99. The van der Waals surface area contributed by atoms with E-state index in [1.54, 1.807) is 24.3 Å². The van der Waals surface area contributed by atoms with Crippen LogP contribution in [0, 0.1) is 0 Å². The first kappa shape index (κ1) is 15.2. The van der Waals surface area contributed by atoms with Gasteiger partial charge in [0.05, 0.1) is 0 Å². The molecule has 23 heavy (non-hydrogen) atoms. The van der Waals surface area contributed by atoms with Crippen molar-refractivity contribution in [3.8, 4) is 33.8 Å². The zero-order valence-electron chi connectivity index (χ0n) is 13.2. The Morgan fingerprint density at radius 1 is 0.696 bits per heavy atom. The molecule has 3 aromatic carbocycles. The van der Waals surface area contributed by atoms with Crippen LogP contribution >= 0.6 is 0 Å². The molecule has 2 heteroatoms. The van der Waals surface area contributed by atoms with Crippen LogP contribution in [0.4, 0.5) is 0 Å². The van der Waals surface area contributed by atoms with E-state index in [4.69, 9.17) is 0 Å². The van der Waals surface area contributed by atoms with Crippen molar-refractivity contribution in [3.05, 3.63) is 72.3 Å². The Morgan fingerprint density at radius 2 is 1.17 bits per heavy atom. The molecule has 0 saturated heterocycles. The van der Waals surface area contributed by atoms with Gasteiger partial charge in [-0.25, -0.2) is 0 Å². The lowest BCUT2D eigenvalue weighted by molar-refractivity contribution is 0.475. The molecule has 116 valence electrons. The van der Waals surface area contributed by atoms with Crippen LogP contribution < -0.4 is 0 Å². The second-order valence-corrected chi connectivity index (χ2v) is 5.68. The summed E-state index contributed by atoms with van der Waals surface area (Å²) < 4.78 is 0. The average molecular weight is 304 g/mol. The van der Waals surface area contributed by atoms with Crippen molar-refractivity contribution in [1.82, 2.24) is 0 Å². The molecule has 0 bridgehead atoms. The van der Waals surface area contributed by atoms with Crippen LogP contribution in [-0.4, -0.2) is 10.2 Å². The predicted octanol–water partition coefficient (Wildman–Crippen LogP) is 5.38. The summed E-state index contributed by atoms with van der Waals surface area (Å²) in [5, 5.41) is 19.6. The topological polar surface area (TPSA) is 40.5 Å². The summed E-state index contributed by atoms with van der Waals surface area (Å²) in [6, 6.07) is 20.9. The first-order valence-corrected chi connectivity index (χ1v) is 7.89. The molecular weight excluding hydrogens is 284 g/mol. The highest BCUT2D eigenvalue weighted by Crippen LogP contribution is 2.35. The number of rotatable bonds is 4. The van der Waals surface area contributed by atoms with E-state index < -0.39 is 0 Å². The van der Waals surface area contributed by atoms with Crippen LogP contribution in [0.3, 0.4) is 0 Å². The van der Waals surface area contributed by atoms with Crippen molar-refractivity contribution >= 4 is 0 Å². The maximum absolute atomic E-state index is 9.78. The molecule has 0 heterocycles. The number of aromatic hydroxyl groups is 2. The van der Waals surface area contributed by atoms with Gasteiger partial charge in [-0.2, -0.15) is 0 Å². The summed E-state index contributed by atoms with van der Waals surface area (Å²) in [4.78, 5) is 0. The molecular formula is C21H20O2. The van der Waals surface area contributed by atoms with Gasteiger partial charge in [-0.05, 0) is 58.5 Å². The van der Waals surface area contributed by atoms with Crippen LogP contribution in [0.2, 0.25) is 0 Å². The Bertz CT molecular complexity index is 758. The highest BCUT2D eigenvalue weighted by Gasteiger charge is 2.12. The maximum Gasteiger partial charge on any atom is 0.116 e. The molecule has 3 rings (SSSR count). The smallest absolute Gasteiger partial charge is 0.116 e. The van der Waals surface area contributed by atoms with E-state index in [1.165, 1.54) is 5.56 Å². The van der Waals surface area contributed by atoms with Gasteiger partial charge >= 0.3 is 0 Å². The molecule has 2 nitrogen and oxygen atoms in total. The van der Waals surface area contributed by atoms with E-state index in [0.717, 1.165) is 35.1 Å². The number of hydrogen-bond acceptors (Lipinski definition) is 2. The van der Waals surface area contributed by atoms with Gasteiger partial charge in [0.25, 0.3) is 0 Å². The minimum absolute atomic E-state index is 0.271. The predicted molar refractivity (Wildman–Crippen MR) is 94.6 cm³/mol. The van der Waals surface area contributed by atoms with Gasteiger partial charge in [-0.15, -0.1) is 0 Å². The minimum atomic E-state index is 0.271. The van der Waals surface area contributed by atoms with Crippen molar-refractivity contribution < 1.29 is 10.2 Å². The molecule has 3 aromatic rings. The van der Waals surface area contributed by atoms with Gasteiger partial charge in [0.15, 0.2) is 0 Å². The van der Waals surface area contributed by atoms with E-state index in [9.17, 15) is 10.2 Å². The molecule has 0 radical (unpaired) electrons. The summed E-state index contributed by atoms with van der Waals surface area (Å²) in [7, 11) is 0. The number of hydrogen-bond donors (Lipinski definition) is 2. The molecule has 0 amide bonds. The standard InChI is InChI=1S/C21H20O2/c1-2-6-21-19(15-7-3-9-17(22)13-15)11-5-12-20(21)16-8-4-10-18(23)14-16/h3-5,7-14,22-23H,2,6H2,1H3. The SMILES string of the molecule is CCCc1c(-c2cccc(O)c2)cccc1-c1cccc(O)c1. The number of phenolic OH excluding ortho intramolecular Hbond substituents is 2. The van der Waals surface area contributed by atoms with Crippen LogP contribution in [0.1, 0.15) is 18.9 Å². The Labute approximate surface area is 136 Å². The van der Waals surface area contributed by atoms with Gasteiger partial charge in [-0.3, -0.25) is 0 Å². The van der Waals surface area contributed by atoms with Gasteiger partial charge in [-0.1, -0.05) is 55.8 Å². The second-order valence-electron chi connectivity index (χ2n) is 5.68. The molecule has 0 spiro atoms. The molecule has 0 atom stereocenters. The molecule has 2 N–H and O–H groups in total. The van der Waals surface area contributed by atoms with Crippen molar-refractivity contribution in [2.24, 2.45) is 0 Å². The summed E-state index contributed by atoms with van der Waals surface area (Å²) >= 11 is 0. The second kappa shape index (κ2) is 6.57. The normalized spacial score (nSPS) is 10.7. The molecule has 0 unspecified atom stereocenters. The van der Waals surface area contributed by atoms with Gasteiger partial charge in [0.2, 0.25) is 0 Å². The molecule has 0 fully saturated rings. The molecule has 0 aromatic heterocycles. The van der Waals surface area contributed by atoms with Gasteiger partial charge < -0.3 is 10.2 Å². The zero-order chi connectivity index (χ0) is 16.2. The van der Waals surface area contributed by atoms with Crippen LogP contribution in [-0.2, 0) is 6.42 Å². The summed E-state index contributed by atoms with van der Waals surface area (Å²) in [6.07, 6.45) is 1.97. The Hall–Kier alpha value is -2.74. The quantitative estimate of drug-likeness (QED) is 0.679. The van der Waals surface area contributed by atoms with Crippen molar-refractivity contribution in [3.63, 3.8) is 0 Å². The highest BCUT2D eigenvalue weighted by molar-refractivity contribution is 5.79. The average Bonchev–Trinajstić information content (AvgIpc) is 2.55. The minimum Gasteiger partial charge on any atom is -0.508 e. The Morgan fingerprint density at radius 3 is 1.61 bits per heavy atom. The lowest BCUT2D eigenvalue weighted by atomic mass is 9.89. The van der Waals surface area contributed by atoms with E-state index in [-0.39, 0.29) is 11.5 Å². The van der Waals surface area contributed by atoms with Crippen molar-refractivity contribution in [2.45, 2.75) is 19.8 Å². The van der Waals surface area contributed by atoms with Crippen LogP contribution in [0.25, 0.3) is 22.3 Å². The third-order valence-electron chi connectivity index (χ3n) is 3.99. The molecule has 0 saturated carbocycles. The van der Waals surface area contributed by atoms with Crippen molar-refractivity contribution in [2.75, 3.05) is 0 Å². The molecule has 0 aliphatic rings. The fraction of sp³-hybridized carbons (Fsp3) is 0.143. The summed E-state index contributed by atoms with van der Waals surface area (Å²) in [5.41, 5.74) is 5.52. The van der Waals surface area contributed by atoms with Crippen LogP contribution in [0.5, 0.6) is 11.5 Å². The van der Waals surface area contributed by atoms with E-state index in [1.807, 2.05) is 30.3 Å². The zero-order valence-corrected chi connectivity index (χ0v) is 13.2. The maximum atomic E-state index is 9.78. The van der Waals surface area contributed by atoms with Gasteiger partial charge in [0, 0.05) is 0 Å². The largest absolute Gasteiger partial charge is 0.508 e. The summed E-state index contributed by atoms with van der Waals surface area (Å²) in [6.45, 7) is 2.16. The lowest BCUT2D eigenvalue weighted by Gasteiger charge is -2.15. The third-order valence-corrected chi connectivity index (χ3v) is 3.99. The lowest BCUT2D eigenvalue weighted by Crippen LogP contribution is -1.94. The number of phenols is 2. The first-order chi connectivity index (χ1) is 11.2.